The Balaban J connectivity index is 2.93. The van der Waals surface area contributed by atoms with E-state index in [-0.39, 0.29) is 5.91 Å². The molecule has 0 fully saturated rings. The Morgan fingerprint density at radius 2 is 2.11 bits per heavy atom. The van der Waals surface area contributed by atoms with Crippen LogP contribution in [0.4, 0.5) is 5.82 Å². The Morgan fingerprint density at radius 3 is 2.61 bits per heavy atom. The average molecular weight is 314 g/mol. The number of pyridine rings is 1. The van der Waals surface area contributed by atoms with Crippen molar-refractivity contribution in [3.8, 4) is 0 Å². The predicted molar refractivity (Wildman–Crippen MR) is 77.9 cm³/mol. The maximum Gasteiger partial charge on any atom is 0.241 e. The Morgan fingerprint density at radius 1 is 1.44 bits per heavy atom. The minimum atomic E-state index is 0.0903. The second-order valence-electron chi connectivity index (χ2n) is 4.50. The monoisotopic (exact) mass is 313 g/mol. The van der Waals surface area contributed by atoms with Gasteiger partial charge in [0, 0.05) is 31.3 Å². The summed E-state index contributed by atoms with van der Waals surface area (Å²) in [5, 5.41) is 0. The van der Waals surface area contributed by atoms with E-state index in [1.54, 1.807) is 25.2 Å². The molecule has 0 aromatic carbocycles. The molecule has 18 heavy (non-hydrogen) atoms. The number of hydrogen-bond acceptors (Lipinski definition) is 3. The van der Waals surface area contributed by atoms with E-state index in [4.69, 9.17) is 0 Å². The number of carbonyl (C=O) groups excluding carboxylic acids is 1. The first-order valence-corrected chi connectivity index (χ1v) is 6.82. The molecule has 0 N–H and O–H groups in total. The Labute approximate surface area is 117 Å². The second kappa shape index (κ2) is 6.73. The summed E-state index contributed by atoms with van der Waals surface area (Å²) in [6.07, 6.45) is 2.75. The number of hydrogen-bond donors (Lipinski definition) is 0. The molecule has 0 radical (unpaired) electrons. The zero-order valence-corrected chi connectivity index (χ0v) is 13.0. The summed E-state index contributed by atoms with van der Waals surface area (Å²) in [6.45, 7) is 5.31. The molecule has 0 unspecified atom stereocenters. The molecule has 0 aliphatic carbocycles. The van der Waals surface area contributed by atoms with E-state index in [1.165, 1.54) is 0 Å². The van der Waals surface area contributed by atoms with Gasteiger partial charge in [-0.05, 0) is 40.9 Å². The number of nitrogens with zero attached hydrogens (tertiary/aromatic N) is 3. The van der Waals surface area contributed by atoms with Crippen molar-refractivity contribution in [3.63, 3.8) is 0 Å². The highest BCUT2D eigenvalue weighted by Gasteiger charge is 2.15. The SMILES string of the molecule is CCCN(CC(=O)N(C)C)c1ncc(Br)cc1C. The summed E-state index contributed by atoms with van der Waals surface area (Å²) in [6, 6.07) is 2.02. The standard InChI is InChI=1S/C13H20BrN3O/c1-5-6-17(9-12(18)16(3)4)13-10(2)7-11(14)8-15-13/h7-8H,5-6,9H2,1-4H3. The molecule has 0 aliphatic rings. The number of amides is 1. The zero-order valence-electron chi connectivity index (χ0n) is 11.4. The largest absolute Gasteiger partial charge is 0.347 e. The molecule has 0 saturated carbocycles. The second-order valence-corrected chi connectivity index (χ2v) is 5.42. The highest BCUT2D eigenvalue weighted by molar-refractivity contribution is 9.10. The van der Waals surface area contributed by atoms with Crippen LogP contribution in [0.3, 0.4) is 0 Å². The smallest absolute Gasteiger partial charge is 0.241 e. The normalized spacial score (nSPS) is 10.3. The van der Waals surface area contributed by atoms with Gasteiger partial charge in [0.1, 0.15) is 5.82 Å². The van der Waals surface area contributed by atoms with E-state index in [1.807, 2.05) is 17.9 Å². The van der Waals surface area contributed by atoms with Crippen molar-refractivity contribution in [2.75, 3.05) is 32.1 Å². The van der Waals surface area contributed by atoms with E-state index >= 15 is 0 Å². The van der Waals surface area contributed by atoms with Crippen molar-refractivity contribution in [3.05, 3.63) is 22.3 Å². The fourth-order valence-corrected chi connectivity index (χ4v) is 2.14. The molecule has 1 heterocycles. The Bertz CT molecular complexity index is 421. The number of anilines is 1. The third-order valence-electron chi connectivity index (χ3n) is 2.64. The van der Waals surface area contributed by atoms with Gasteiger partial charge in [0.25, 0.3) is 0 Å². The van der Waals surface area contributed by atoms with Crippen LogP contribution in [0.2, 0.25) is 0 Å². The third-order valence-corrected chi connectivity index (χ3v) is 3.07. The minimum Gasteiger partial charge on any atom is -0.347 e. The van der Waals surface area contributed by atoms with E-state index in [0.717, 1.165) is 28.8 Å². The fourth-order valence-electron chi connectivity index (χ4n) is 1.70. The molecule has 0 atom stereocenters. The van der Waals surface area contributed by atoms with Gasteiger partial charge in [-0.15, -0.1) is 0 Å². The molecule has 1 amide bonds. The van der Waals surface area contributed by atoms with Gasteiger partial charge in [-0.1, -0.05) is 6.92 Å². The van der Waals surface area contributed by atoms with Crippen molar-refractivity contribution >= 4 is 27.7 Å². The number of halogens is 1. The van der Waals surface area contributed by atoms with Crippen LogP contribution >= 0.6 is 15.9 Å². The lowest BCUT2D eigenvalue weighted by molar-refractivity contribution is -0.127. The lowest BCUT2D eigenvalue weighted by Gasteiger charge is -2.25. The van der Waals surface area contributed by atoms with E-state index in [2.05, 4.69) is 27.8 Å². The first-order valence-electron chi connectivity index (χ1n) is 6.03. The van der Waals surface area contributed by atoms with Gasteiger partial charge in [0.2, 0.25) is 5.91 Å². The summed E-state index contributed by atoms with van der Waals surface area (Å²) >= 11 is 3.40. The average Bonchev–Trinajstić information content (AvgIpc) is 2.28. The highest BCUT2D eigenvalue weighted by atomic mass is 79.9. The van der Waals surface area contributed by atoms with Crippen molar-refractivity contribution in [1.82, 2.24) is 9.88 Å². The van der Waals surface area contributed by atoms with E-state index in [9.17, 15) is 4.79 Å². The molecule has 1 aromatic heterocycles. The van der Waals surface area contributed by atoms with Crippen LogP contribution in [0.15, 0.2) is 16.7 Å². The van der Waals surface area contributed by atoms with Gasteiger partial charge in [-0.25, -0.2) is 4.98 Å². The summed E-state index contributed by atoms with van der Waals surface area (Å²) in [7, 11) is 3.54. The van der Waals surface area contributed by atoms with Crippen molar-refractivity contribution in [1.29, 1.82) is 0 Å². The van der Waals surface area contributed by atoms with Gasteiger partial charge in [-0.3, -0.25) is 4.79 Å². The number of aryl methyl sites for hydroxylation is 1. The minimum absolute atomic E-state index is 0.0903. The van der Waals surface area contributed by atoms with Crippen molar-refractivity contribution < 1.29 is 4.79 Å². The topological polar surface area (TPSA) is 36.4 Å². The molecule has 0 aliphatic heterocycles. The summed E-state index contributed by atoms with van der Waals surface area (Å²) in [5.41, 5.74) is 1.07. The zero-order chi connectivity index (χ0) is 13.7. The summed E-state index contributed by atoms with van der Waals surface area (Å²) in [4.78, 5) is 19.9. The van der Waals surface area contributed by atoms with Gasteiger partial charge in [0.05, 0.1) is 6.54 Å². The lowest BCUT2D eigenvalue weighted by Crippen LogP contribution is -2.37. The Kier molecular flexibility index (Phi) is 5.59. The van der Waals surface area contributed by atoms with Crippen LogP contribution in [-0.4, -0.2) is 43.0 Å². The molecular formula is C13H20BrN3O. The molecule has 1 aromatic rings. The molecule has 100 valence electrons. The summed E-state index contributed by atoms with van der Waals surface area (Å²) in [5.74, 6) is 0.975. The molecule has 0 spiro atoms. The predicted octanol–water partition coefficient (Wildman–Crippen LogP) is 2.46. The van der Waals surface area contributed by atoms with Gasteiger partial charge in [0.15, 0.2) is 0 Å². The highest BCUT2D eigenvalue weighted by Crippen LogP contribution is 2.20. The third kappa shape index (κ3) is 3.98. The lowest BCUT2D eigenvalue weighted by atomic mass is 10.2. The summed E-state index contributed by atoms with van der Waals surface area (Å²) < 4.78 is 0.958. The van der Waals surface area contributed by atoms with Crippen LogP contribution in [-0.2, 0) is 4.79 Å². The quantitative estimate of drug-likeness (QED) is 0.838. The maximum absolute atomic E-state index is 11.8. The molecule has 0 saturated heterocycles. The molecule has 1 rings (SSSR count). The maximum atomic E-state index is 11.8. The van der Waals surface area contributed by atoms with Crippen molar-refractivity contribution in [2.45, 2.75) is 20.3 Å². The fraction of sp³-hybridized carbons (Fsp3) is 0.538. The first kappa shape index (κ1) is 15.0. The van der Waals surface area contributed by atoms with Crippen LogP contribution in [0.25, 0.3) is 0 Å². The van der Waals surface area contributed by atoms with Gasteiger partial charge >= 0.3 is 0 Å². The number of carbonyl (C=O) groups is 1. The van der Waals surface area contributed by atoms with Gasteiger partial charge in [-0.2, -0.15) is 0 Å². The number of likely N-dealkylation sites (N-methyl/N-ethyl adjacent to an activating group) is 1. The van der Waals surface area contributed by atoms with Crippen molar-refractivity contribution in [2.24, 2.45) is 0 Å². The van der Waals surface area contributed by atoms with Crippen LogP contribution in [0.1, 0.15) is 18.9 Å². The molecule has 5 heteroatoms. The molecule has 4 nitrogen and oxygen atoms in total. The number of aromatic nitrogens is 1. The number of rotatable bonds is 5. The van der Waals surface area contributed by atoms with Gasteiger partial charge < -0.3 is 9.80 Å². The Hall–Kier alpha value is -1.10. The van der Waals surface area contributed by atoms with Crippen LogP contribution in [0, 0.1) is 6.92 Å². The van der Waals surface area contributed by atoms with E-state index in [0.29, 0.717) is 6.54 Å². The van der Waals surface area contributed by atoms with Crippen LogP contribution in [0.5, 0.6) is 0 Å². The van der Waals surface area contributed by atoms with Crippen LogP contribution < -0.4 is 4.90 Å². The van der Waals surface area contributed by atoms with E-state index < -0.39 is 0 Å². The molecule has 0 bridgehead atoms. The first-order chi connectivity index (χ1) is 8.45. The molecular weight excluding hydrogens is 294 g/mol.